The molecule has 1 heterocycles. The van der Waals surface area contributed by atoms with Crippen LogP contribution in [0.4, 0.5) is 0 Å². The van der Waals surface area contributed by atoms with Crippen molar-refractivity contribution >= 4 is 17.2 Å². The number of aromatic nitrogens is 1. The topological polar surface area (TPSA) is 51.2 Å². The van der Waals surface area contributed by atoms with Crippen LogP contribution in [0.25, 0.3) is 0 Å². The molecule has 1 amide bonds. The van der Waals surface area contributed by atoms with Crippen molar-refractivity contribution in [3.8, 4) is 0 Å². The minimum absolute atomic E-state index is 0.0283. The van der Waals surface area contributed by atoms with Crippen molar-refractivity contribution in [3.05, 3.63) is 16.1 Å². The average molecular weight is 282 g/mol. The molecule has 106 valence electrons. The van der Waals surface area contributed by atoms with E-state index in [9.17, 15) is 4.79 Å². The fourth-order valence-corrected chi connectivity index (χ4v) is 3.33. The summed E-state index contributed by atoms with van der Waals surface area (Å²) in [6, 6.07) is 0.273. The van der Waals surface area contributed by atoms with Crippen molar-refractivity contribution in [2.75, 3.05) is 7.11 Å². The molecular formula is C14H22N2O2S. The van der Waals surface area contributed by atoms with E-state index in [0.717, 1.165) is 43.5 Å². The minimum Gasteiger partial charge on any atom is -0.381 e. The third-order valence-electron chi connectivity index (χ3n) is 3.59. The molecule has 0 spiro atoms. The molecule has 0 bridgehead atoms. The van der Waals surface area contributed by atoms with Crippen LogP contribution in [0.3, 0.4) is 0 Å². The molecule has 0 saturated heterocycles. The highest BCUT2D eigenvalue weighted by atomic mass is 32.1. The first kappa shape index (κ1) is 14.5. The number of nitrogens with zero attached hydrogens (tertiary/aromatic N) is 1. The predicted molar refractivity (Wildman–Crippen MR) is 76.6 cm³/mol. The third-order valence-corrected chi connectivity index (χ3v) is 4.50. The highest BCUT2D eigenvalue weighted by Crippen LogP contribution is 2.21. The number of carbonyl (C=O) groups excluding carboxylic acids is 1. The Kier molecular flexibility index (Phi) is 5.34. The van der Waals surface area contributed by atoms with Crippen LogP contribution in [0.1, 0.15) is 54.5 Å². The van der Waals surface area contributed by atoms with Crippen LogP contribution in [0.15, 0.2) is 5.38 Å². The summed E-state index contributed by atoms with van der Waals surface area (Å²) in [6.45, 7) is 2.12. The number of rotatable bonds is 5. The normalized spacial score (nSPS) is 23.3. The number of methoxy groups -OCH3 is 1. The Labute approximate surface area is 118 Å². The Balaban J connectivity index is 1.83. The smallest absolute Gasteiger partial charge is 0.270 e. The van der Waals surface area contributed by atoms with Gasteiger partial charge in [0.2, 0.25) is 0 Å². The zero-order valence-corrected chi connectivity index (χ0v) is 12.5. The molecule has 0 aromatic carbocycles. The molecule has 0 radical (unpaired) electrons. The first-order valence-corrected chi connectivity index (χ1v) is 7.89. The number of aryl methyl sites for hydroxylation is 1. The maximum atomic E-state index is 12.1. The largest absolute Gasteiger partial charge is 0.381 e. The summed E-state index contributed by atoms with van der Waals surface area (Å²) >= 11 is 1.58. The molecule has 5 heteroatoms. The average Bonchev–Trinajstić information content (AvgIpc) is 2.89. The SMILES string of the molecule is CCCc1nc(C(=O)NC2CCC(OC)CC2)cs1. The Morgan fingerprint density at radius 3 is 2.84 bits per heavy atom. The molecule has 1 fully saturated rings. The van der Waals surface area contributed by atoms with Crippen LogP contribution in [-0.4, -0.2) is 30.1 Å². The number of hydrogen-bond donors (Lipinski definition) is 1. The lowest BCUT2D eigenvalue weighted by molar-refractivity contribution is 0.0598. The Morgan fingerprint density at radius 2 is 2.21 bits per heavy atom. The van der Waals surface area contributed by atoms with Crippen LogP contribution in [0, 0.1) is 0 Å². The summed E-state index contributed by atoms with van der Waals surface area (Å²) < 4.78 is 5.34. The zero-order valence-electron chi connectivity index (χ0n) is 11.6. The van der Waals surface area contributed by atoms with Gasteiger partial charge in [0, 0.05) is 18.5 Å². The van der Waals surface area contributed by atoms with Gasteiger partial charge in [-0.25, -0.2) is 4.98 Å². The van der Waals surface area contributed by atoms with Gasteiger partial charge in [-0.2, -0.15) is 0 Å². The Morgan fingerprint density at radius 1 is 1.47 bits per heavy atom. The monoisotopic (exact) mass is 282 g/mol. The first-order chi connectivity index (χ1) is 9.22. The van der Waals surface area contributed by atoms with E-state index in [4.69, 9.17) is 4.74 Å². The van der Waals surface area contributed by atoms with Gasteiger partial charge in [0.15, 0.2) is 0 Å². The Bertz CT molecular complexity index is 411. The van der Waals surface area contributed by atoms with Crippen LogP contribution in [0.5, 0.6) is 0 Å². The highest BCUT2D eigenvalue weighted by Gasteiger charge is 2.23. The summed E-state index contributed by atoms with van der Waals surface area (Å²) in [5.74, 6) is -0.0283. The number of ether oxygens (including phenoxy) is 1. The van der Waals surface area contributed by atoms with E-state index in [-0.39, 0.29) is 11.9 Å². The minimum atomic E-state index is -0.0283. The number of carbonyl (C=O) groups is 1. The van der Waals surface area contributed by atoms with Gasteiger partial charge < -0.3 is 10.1 Å². The van der Waals surface area contributed by atoms with Gasteiger partial charge >= 0.3 is 0 Å². The van der Waals surface area contributed by atoms with Gasteiger partial charge in [-0.3, -0.25) is 4.79 Å². The fourth-order valence-electron chi connectivity index (χ4n) is 2.45. The maximum Gasteiger partial charge on any atom is 0.270 e. The van der Waals surface area contributed by atoms with E-state index in [1.54, 1.807) is 18.4 Å². The summed E-state index contributed by atoms with van der Waals surface area (Å²) in [5, 5.41) is 6.00. The number of amides is 1. The van der Waals surface area contributed by atoms with E-state index < -0.39 is 0 Å². The van der Waals surface area contributed by atoms with Crippen LogP contribution in [0.2, 0.25) is 0 Å². The van der Waals surface area contributed by atoms with Crippen LogP contribution >= 0.6 is 11.3 Å². The molecule has 0 atom stereocenters. The van der Waals surface area contributed by atoms with Crippen LogP contribution in [-0.2, 0) is 11.2 Å². The van der Waals surface area contributed by atoms with Gasteiger partial charge in [-0.15, -0.1) is 11.3 Å². The number of nitrogens with one attached hydrogen (secondary N) is 1. The van der Waals surface area contributed by atoms with Crippen molar-refractivity contribution in [2.45, 2.75) is 57.6 Å². The van der Waals surface area contributed by atoms with Gasteiger partial charge in [-0.05, 0) is 38.5 Å². The van der Waals surface area contributed by atoms with Crippen molar-refractivity contribution in [1.29, 1.82) is 0 Å². The summed E-state index contributed by atoms with van der Waals surface area (Å²) in [6.07, 6.45) is 6.43. The second-order valence-electron chi connectivity index (χ2n) is 5.06. The lowest BCUT2D eigenvalue weighted by atomic mass is 9.93. The van der Waals surface area contributed by atoms with Gasteiger partial charge in [0.25, 0.3) is 5.91 Å². The van der Waals surface area contributed by atoms with Crippen molar-refractivity contribution < 1.29 is 9.53 Å². The quantitative estimate of drug-likeness (QED) is 0.903. The molecule has 1 saturated carbocycles. The van der Waals surface area contributed by atoms with Crippen molar-refractivity contribution in [2.24, 2.45) is 0 Å². The van der Waals surface area contributed by atoms with Crippen molar-refractivity contribution in [1.82, 2.24) is 10.3 Å². The second kappa shape index (κ2) is 7.01. The van der Waals surface area contributed by atoms with Gasteiger partial charge in [0.1, 0.15) is 5.69 Å². The molecule has 19 heavy (non-hydrogen) atoms. The highest BCUT2D eigenvalue weighted by molar-refractivity contribution is 7.09. The van der Waals surface area contributed by atoms with E-state index in [1.807, 2.05) is 5.38 Å². The first-order valence-electron chi connectivity index (χ1n) is 7.01. The zero-order chi connectivity index (χ0) is 13.7. The third kappa shape index (κ3) is 4.01. The van der Waals surface area contributed by atoms with Gasteiger partial charge in [0.05, 0.1) is 11.1 Å². The van der Waals surface area contributed by atoms with E-state index in [1.165, 1.54) is 0 Å². The summed E-state index contributed by atoms with van der Waals surface area (Å²) in [7, 11) is 1.76. The van der Waals surface area contributed by atoms with Crippen molar-refractivity contribution in [3.63, 3.8) is 0 Å². The molecule has 2 rings (SSSR count). The molecular weight excluding hydrogens is 260 g/mol. The van der Waals surface area contributed by atoms with E-state index >= 15 is 0 Å². The molecule has 1 aliphatic rings. The Hall–Kier alpha value is -0.940. The maximum absolute atomic E-state index is 12.1. The fraction of sp³-hybridized carbons (Fsp3) is 0.714. The number of hydrogen-bond acceptors (Lipinski definition) is 4. The summed E-state index contributed by atoms with van der Waals surface area (Å²) in [4.78, 5) is 16.5. The lowest BCUT2D eigenvalue weighted by Crippen LogP contribution is -2.39. The number of thiazole rings is 1. The van der Waals surface area contributed by atoms with E-state index in [2.05, 4.69) is 17.2 Å². The van der Waals surface area contributed by atoms with E-state index in [0.29, 0.717) is 11.8 Å². The second-order valence-corrected chi connectivity index (χ2v) is 6.00. The standard InChI is InChI=1S/C14H22N2O2S/c1-3-4-13-16-12(9-19-13)14(17)15-10-5-7-11(18-2)8-6-10/h9-11H,3-8H2,1-2H3,(H,15,17). The predicted octanol–water partition coefficient (Wildman–Crippen LogP) is 2.78. The molecule has 1 aromatic heterocycles. The summed E-state index contributed by atoms with van der Waals surface area (Å²) in [5.41, 5.74) is 0.572. The molecule has 0 unspecified atom stereocenters. The molecule has 1 aliphatic carbocycles. The molecule has 0 aliphatic heterocycles. The molecule has 1 N–H and O–H groups in total. The molecule has 1 aromatic rings. The van der Waals surface area contributed by atoms with Gasteiger partial charge in [-0.1, -0.05) is 6.92 Å². The molecule has 4 nitrogen and oxygen atoms in total. The van der Waals surface area contributed by atoms with Crippen LogP contribution < -0.4 is 5.32 Å². The lowest BCUT2D eigenvalue weighted by Gasteiger charge is -2.27.